The van der Waals surface area contributed by atoms with Crippen molar-refractivity contribution in [2.75, 3.05) is 0 Å². The molecule has 0 aliphatic carbocycles. The molecule has 0 aliphatic rings. The van der Waals surface area contributed by atoms with Crippen molar-refractivity contribution >= 4 is 40.5 Å². The molecule has 0 nitrogen and oxygen atoms in total. The van der Waals surface area contributed by atoms with Gasteiger partial charge in [0.1, 0.15) is 0 Å². The van der Waals surface area contributed by atoms with E-state index in [2.05, 4.69) is 0 Å². The maximum absolute atomic E-state index is 9.67. The Hall–Kier alpha value is 0.840. The number of hydrogen-bond acceptors (Lipinski definition) is 0. The third kappa shape index (κ3) is 227. The quantitative estimate of drug-likeness (QED) is 0.519. The first-order valence-electron chi connectivity index (χ1n) is 0.655. The second-order valence-corrected chi connectivity index (χ2v) is 0.247. The van der Waals surface area contributed by atoms with Crippen LogP contribution in [0.15, 0.2) is 0 Å². The first-order chi connectivity index (χ1) is 1.73. The molecular weight excluding hydrogens is 165 g/mol. The van der Waals surface area contributed by atoms with Crippen molar-refractivity contribution in [3.63, 3.8) is 0 Å². The molecular formula is CH7F3S3. The molecule has 0 unspecified atom stereocenters. The van der Waals surface area contributed by atoms with Gasteiger partial charge < -0.3 is 0 Å². The molecule has 0 radical (unpaired) electrons. The van der Waals surface area contributed by atoms with Crippen molar-refractivity contribution in [3.05, 3.63) is 0 Å². The standard InChI is InChI=1S/CHF3.3H2S/c2-1(3)4;;;/h1H;3*1H2. The summed E-state index contributed by atoms with van der Waals surface area (Å²) in [6, 6.07) is 0. The van der Waals surface area contributed by atoms with Crippen LogP contribution in [-0.4, -0.2) is 6.68 Å². The van der Waals surface area contributed by atoms with E-state index in [0.29, 0.717) is 0 Å². The van der Waals surface area contributed by atoms with Crippen molar-refractivity contribution in [2.45, 2.75) is 6.68 Å². The molecule has 0 heterocycles. The molecule has 0 aromatic heterocycles. The Morgan fingerprint density at radius 1 is 0.714 bits per heavy atom. The van der Waals surface area contributed by atoms with Crippen molar-refractivity contribution < 1.29 is 13.2 Å². The fourth-order valence-electron chi connectivity index (χ4n) is 0. The van der Waals surface area contributed by atoms with E-state index in [4.69, 9.17) is 0 Å². The van der Waals surface area contributed by atoms with Crippen LogP contribution in [0.25, 0.3) is 0 Å². The lowest BCUT2D eigenvalue weighted by atomic mass is 11.6. The van der Waals surface area contributed by atoms with Crippen LogP contribution in [0, 0.1) is 0 Å². The zero-order chi connectivity index (χ0) is 3.58. The zero-order valence-electron chi connectivity index (χ0n) is 3.21. The lowest BCUT2D eigenvalue weighted by molar-refractivity contribution is 0.00819. The van der Waals surface area contributed by atoms with E-state index in [1.807, 2.05) is 0 Å². The van der Waals surface area contributed by atoms with Crippen molar-refractivity contribution in [2.24, 2.45) is 0 Å². The Bertz CT molecular complexity index is 14.9. The Kier molecular flexibility index (Phi) is 56.2. The fourth-order valence-corrected chi connectivity index (χ4v) is 0. The highest BCUT2D eigenvalue weighted by Crippen LogP contribution is 1.87. The Labute approximate surface area is 60.8 Å². The Balaban J connectivity index is -0.0000000150. The third-order valence-corrected chi connectivity index (χ3v) is 0. The van der Waals surface area contributed by atoms with Gasteiger partial charge in [-0.2, -0.15) is 53.7 Å². The van der Waals surface area contributed by atoms with Gasteiger partial charge in [-0.05, 0) is 0 Å². The van der Waals surface area contributed by atoms with Gasteiger partial charge in [0.15, 0.2) is 0 Å². The normalized spacial score (nSPS) is 5.14. The first kappa shape index (κ1) is 24.9. The smallest absolute Gasteiger partial charge is 0.197 e. The van der Waals surface area contributed by atoms with Crippen LogP contribution in [0.2, 0.25) is 0 Å². The highest BCUT2D eigenvalue weighted by Gasteiger charge is 1.86. The molecule has 6 heteroatoms. The Morgan fingerprint density at radius 3 is 0.714 bits per heavy atom. The fraction of sp³-hybridized carbons (Fsp3) is 1.00. The molecule has 50 valence electrons. The second kappa shape index (κ2) is 15.8. The van der Waals surface area contributed by atoms with Crippen molar-refractivity contribution in [1.29, 1.82) is 0 Å². The van der Waals surface area contributed by atoms with Gasteiger partial charge in [-0.3, -0.25) is 0 Å². The van der Waals surface area contributed by atoms with E-state index in [0.717, 1.165) is 0 Å². The minimum Gasteiger partial charge on any atom is -0.197 e. The topological polar surface area (TPSA) is 0 Å². The highest BCUT2D eigenvalue weighted by molar-refractivity contribution is 7.59. The van der Waals surface area contributed by atoms with Crippen LogP contribution >= 0.6 is 40.5 Å². The van der Waals surface area contributed by atoms with Crippen LogP contribution in [0.3, 0.4) is 0 Å². The van der Waals surface area contributed by atoms with E-state index < -0.39 is 6.68 Å². The predicted octanol–water partition coefficient (Wildman–Crippen LogP) is 1.52. The van der Waals surface area contributed by atoms with Gasteiger partial charge in [0.25, 0.3) is 0 Å². The maximum Gasteiger partial charge on any atom is 0.379 e. The number of hydrogen-bond donors (Lipinski definition) is 0. The van der Waals surface area contributed by atoms with Gasteiger partial charge in [0.2, 0.25) is 0 Å². The summed E-state index contributed by atoms with van der Waals surface area (Å²) >= 11 is 0. The molecule has 0 aromatic rings. The summed E-state index contributed by atoms with van der Waals surface area (Å²) in [5.74, 6) is 0. The van der Waals surface area contributed by atoms with Gasteiger partial charge in [0.05, 0.1) is 0 Å². The summed E-state index contributed by atoms with van der Waals surface area (Å²) in [6.07, 6.45) is 0. The van der Waals surface area contributed by atoms with Crippen molar-refractivity contribution in [1.82, 2.24) is 0 Å². The van der Waals surface area contributed by atoms with E-state index >= 15 is 0 Å². The molecule has 0 amide bonds. The average molecular weight is 172 g/mol. The summed E-state index contributed by atoms with van der Waals surface area (Å²) in [7, 11) is 0. The van der Waals surface area contributed by atoms with Gasteiger partial charge in [-0.15, -0.1) is 0 Å². The monoisotopic (exact) mass is 172 g/mol. The molecule has 0 bridgehead atoms. The Morgan fingerprint density at radius 2 is 0.714 bits per heavy atom. The number of rotatable bonds is 0. The van der Waals surface area contributed by atoms with Gasteiger partial charge in [0, 0.05) is 0 Å². The summed E-state index contributed by atoms with van der Waals surface area (Å²) < 4.78 is 29.0. The molecule has 0 aromatic carbocycles. The number of halogens is 3. The van der Waals surface area contributed by atoms with E-state index in [9.17, 15) is 13.2 Å². The van der Waals surface area contributed by atoms with Crippen LogP contribution < -0.4 is 0 Å². The van der Waals surface area contributed by atoms with E-state index in [-0.39, 0.29) is 40.5 Å². The van der Waals surface area contributed by atoms with Gasteiger partial charge in [-0.1, -0.05) is 0 Å². The molecule has 7 heavy (non-hydrogen) atoms. The minimum absolute atomic E-state index is 0. The average Bonchev–Trinajstić information content (AvgIpc) is 0.811. The van der Waals surface area contributed by atoms with Crippen molar-refractivity contribution in [3.8, 4) is 0 Å². The summed E-state index contributed by atoms with van der Waals surface area (Å²) in [6.45, 7) is -3.67. The van der Waals surface area contributed by atoms with Crippen LogP contribution in [0.4, 0.5) is 13.2 Å². The van der Waals surface area contributed by atoms with Crippen LogP contribution in [-0.2, 0) is 0 Å². The van der Waals surface area contributed by atoms with E-state index in [1.54, 1.807) is 0 Å². The first-order valence-corrected chi connectivity index (χ1v) is 0.655. The minimum atomic E-state index is -3.67. The SMILES string of the molecule is FC(F)F.S.S.S. The largest absolute Gasteiger partial charge is 0.379 e. The third-order valence-electron chi connectivity index (χ3n) is 0. The molecule has 0 aliphatic heterocycles. The van der Waals surface area contributed by atoms with Crippen LogP contribution in [0.5, 0.6) is 0 Å². The second-order valence-electron chi connectivity index (χ2n) is 0.247. The number of alkyl halides is 3. The summed E-state index contributed by atoms with van der Waals surface area (Å²) in [5.41, 5.74) is 0. The maximum atomic E-state index is 9.67. The van der Waals surface area contributed by atoms with Crippen LogP contribution in [0.1, 0.15) is 0 Å². The van der Waals surface area contributed by atoms with Gasteiger partial charge >= 0.3 is 6.68 Å². The van der Waals surface area contributed by atoms with Gasteiger partial charge in [-0.25, -0.2) is 0 Å². The molecule has 0 atom stereocenters. The lowest BCUT2D eigenvalue weighted by Crippen LogP contribution is -1.65. The molecule has 0 saturated heterocycles. The highest BCUT2D eigenvalue weighted by atomic mass is 32.1. The molecule has 0 rings (SSSR count). The summed E-state index contributed by atoms with van der Waals surface area (Å²) in [5, 5.41) is 0. The molecule has 0 spiro atoms. The molecule has 0 fully saturated rings. The molecule has 0 saturated carbocycles. The predicted molar refractivity (Wildman–Crippen MR) is 38.3 cm³/mol. The molecule has 0 N–H and O–H groups in total. The zero-order valence-corrected chi connectivity index (χ0v) is 6.21. The van der Waals surface area contributed by atoms with E-state index in [1.165, 1.54) is 0 Å². The lowest BCUT2D eigenvalue weighted by Gasteiger charge is -1.65. The summed E-state index contributed by atoms with van der Waals surface area (Å²) in [4.78, 5) is 0.